The fraction of sp³-hybridized carbons (Fsp3) is 0.182. The number of aromatic nitrogens is 2. The Bertz CT molecular complexity index is 1300. The van der Waals surface area contributed by atoms with E-state index >= 15 is 0 Å². The predicted molar refractivity (Wildman–Crippen MR) is 125 cm³/mol. The summed E-state index contributed by atoms with van der Waals surface area (Å²) in [6, 6.07) is 14.9. The lowest BCUT2D eigenvalue weighted by molar-refractivity contribution is -0.114. The van der Waals surface area contributed by atoms with Gasteiger partial charge >= 0.3 is 5.63 Å². The molecule has 2 aromatic carbocycles. The zero-order valence-corrected chi connectivity index (χ0v) is 18.6. The smallest absolute Gasteiger partial charge is 0.336 e. The van der Waals surface area contributed by atoms with Crippen LogP contribution in [0.5, 0.6) is 0 Å². The van der Waals surface area contributed by atoms with E-state index in [9.17, 15) is 9.59 Å². The van der Waals surface area contributed by atoms with E-state index in [0.29, 0.717) is 22.2 Å². The second-order valence-electron chi connectivity index (χ2n) is 6.82. The Labute approximate surface area is 186 Å². The largest absolute Gasteiger partial charge is 0.423 e. The first-order chi connectivity index (χ1) is 15.0. The van der Waals surface area contributed by atoms with E-state index in [-0.39, 0.29) is 11.5 Å². The highest BCUT2D eigenvalue weighted by atomic mass is 32.2. The van der Waals surface area contributed by atoms with Crippen LogP contribution >= 0.6 is 23.1 Å². The van der Waals surface area contributed by atoms with Gasteiger partial charge < -0.3 is 15.1 Å². The van der Waals surface area contributed by atoms with Crippen LogP contribution in [0.1, 0.15) is 25.0 Å². The van der Waals surface area contributed by atoms with E-state index in [1.165, 1.54) is 36.1 Å². The van der Waals surface area contributed by atoms with Gasteiger partial charge in [0.15, 0.2) is 4.34 Å². The molecule has 158 valence electrons. The molecule has 4 rings (SSSR count). The third-order valence-electron chi connectivity index (χ3n) is 4.49. The number of benzene rings is 2. The Morgan fingerprint density at radius 1 is 1.13 bits per heavy atom. The van der Waals surface area contributed by atoms with Gasteiger partial charge in [0.2, 0.25) is 11.0 Å². The predicted octanol–water partition coefficient (Wildman–Crippen LogP) is 5.20. The molecular weight excluding hydrogens is 432 g/mol. The van der Waals surface area contributed by atoms with Gasteiger partial charge in [-0.25, -0.2) is 4.79 Å². The summed E-state index contributed by atoms with van der Waals surface area (Å²) in [7, 11) is 0. The minimum absolute atomic E-state index is 0.125. The molecule has 0 bridgehead atoms. The lowest BCUT2D eigenvalue weighted by Crippen LogP contribution is -2.05. The molecule has 2 N–H and O–H groups in total. The highest BCUT2D eigenvalue weighted by molar-refractivity contribution is 8.00. The standard InChI is InChI=1S/C22H20N4O3S2/c1-3-14-7-8-18-15(10-20(28)29-19(18)9-14)12-30-22-26-25-21(31-22)24-17-6-4-5-16(11-17)23-13(2)27/h4-11H,3,12H2,1-2H3,(H,23,27)(H,24,25). The van der Waals surface area contributed by atoms with Gasteiger partial charge in [-0.1, -0.05) is 48.2 Å². The van der Waals surface area contributed by atoms with Crippen molar-refractivity contribution in [2.45, 2.75) is 30.4 Å². The van der Waals surface area contributed by atoms with Gasteiger partial charge in [0.25, 0.3) is 0 Å². The number of nitrogens with zero attached hydrogens (tertiary/aromatic N) is 2. The molecule has 31 heavy (non-hydrogen) atoms. The van der Waals surface area contributed by atoms with Crippen LogP contribution in [-0.2, 0) is 17.0 Å². The maximum absolute atomic E-state index is 12.0. The molecule has 0 aliphatic carbocycles. The molecule has 0 fully saturated rings. The van der Waals surface area contributed by atoms with Crippen molar-refractivity contribution in [1.29, 1.82) is 0 Å². The number of fused-ring (bicyclic) bond motifs is 1. The minimum Gasteiger partial charge on any atom is -0.423 e. The maximum Gasteiger partial charge on any atom is 0.336 e. The van der Waals surface area contributed by atoms with Crippen LogP contribution in [0.25, 0.3) is 11.0 Å². The molecule has 0 aliphatic heterocycles. The van der Waals surface area contributed by atoms with Crippen LogP contribution in [0.2, 0.25) is 0 Å². The van der Waals surface area contributed by atoms with Crippen molar-refractivity contribution in [2.24, 2.45) is 0 Å². The van der Waals surface area contributed by atoms with Crippen molar-refractivity contribution in [1.82, 2.24) is 10.2 Å². The molecule has 7 nitrogen and oxygen atoms in total. The number of rotatable bonds is 7. The van der Waals surface area contributed by atoms with E-state index in [1.807, 2.05) is 36.4 Å². The minimum atomic E-state index is -0.352. The summed E-state index contributed by atoms with van der Waals surface area (Å²) in [6.45, 7) is 3.53. The van der Waals surface area contributed by atoms with Gasteiger partial charge in [0, 0.05) is 35.5 Å². The maximum atomic E-state index is 12.0. The Balaban J connectivity index is 1.46. The first kappa shape index (κ1) is 21.1. The second kappa shape index (κ2) is 9.32. The van der Waals surface area contributed by atoms with Gasteiger partial charge in [-0.2, -0.15) is 0 Å². The van der Waals surface area contributed by atoms with Gasteiger partial charge in [-0.3, -0.25) is 4.79 Å². The van der Waals surface area contributed by atoms with Crippen LogP contribution in [0.3, 0.4) is 0 Å². The lowest BCUT2D eigenvalue weighted by Gasteiger charge is -2.06. The molecule has 0 radical (unpaired) electrons. The number of nitrogens with one attached hydrogen (secondary N) is 2. The number of carbonyl (C=O) groups is 1. The molecule has 4 aromatic rings. The topological polar surface area (TPSA) is 97.1 Å². The van der Waals surface area contributed by atoms with E-state index in [1.54, 1.807) is 0 Å². The lowest BCUT2D eigenvalue weighted by atomic mass is 10.1. The monoisotopic (exact) mass is 452 g/mol. The van der Waals surface area contributed by atoms with Gasteiger partial charge in [-0.15, -0.1) is 10.2 Å². The number of amides is 1. The molecule has 1 amide bonds. The van der Waals surface area contributed by atoms with Crippen molar-refractivity contribution >= 4 is 56.5 Å². The molecule has 9 heteroatoms. The van der Waals surface area contributed by atoms with Crippen LogP contribution in [0.15, 0.2) is 62.1 Å². The number of hydrogen-bond donors (Lipinski definition) is 2. The third-order valence-corrected chi connectivity index (χ3v) is 6.52. The summed E-state index contributed by atoms with van der Waals surface area (Å²) >= 11 is 2.94. The van der Waals surface area contributed by atoms with Crippen molar-refractivity contribution in [3.63, 3.8) is 0 Å². The summed E-state index contributed by atoms with van der Waals surface area (Å²) < 4.78 is 6.16. The van der Waals surface area contributed by atoms with E-state index in [2.05, 4.69) is 33.8 Å². The normalized spacial score (nSPS) is 10.9. The molecule has 0 spiro atoms. The zero-order valence-electron chi connectivity index (χ0n) is 17.0. The fourth-order valence-electron chi connectivity index (χ4n) is 3.07. The average Bonchev–Trinajstić information content (AvgIpc) is 3.18. The summed E-state index contributed by atoms with van der Waals surface area (Å²) in [5.74, 6) is 0.459. The summed E-state index contributed by atoms with van der Waals surface area (Å²) in [5, 5.41) is 15.9. The number of anilines is 3. The number of thioether (sulfide) groups is 1. The first-order valence-corrected chi connectivity index (χ1v) is 11.5. The highest BCUT2D eigenvalue weighted by Gasteiger charge is 2.10. The van der Waals surface area contributed by atoms with Crippen LogP contribution in [0.4, 0.5) is 16.5 Å². The van der Waals surface area contributed by atoms with Crippen LogP contribution < -0.4 is 16.3 Å². The van der Waals surface area contributed by atoms with Crippen LogP contribution in [-0.4, -0.2) is 16.1 Å². The molecular formula is C22H20N4O3S2. The van der Waals surface area contributed by atoms with Crippen molar-refractivity contribution < 1.29 is 9.21 Å². The van der Waals surface area contributed by atoms with Crippen molar-refractivity contribution in [2.75, 3.05) is 10.6 Å². The SMILES string of the molecule is CCc1ccc2c(CSc3nnc(Nc4cccc(NC(C)=O)c4)s3)cc(=O)oc2c1. The Morgan fingerprint density at radius 2 is 1.97 bits per heavy atom. The Hall–Kier alpha value is -3.17. The summed E-state index contributed by atoms with van der Waals surface area (Å²) in [4.78, 5) is 23.2. The zero-order chi connectivity index (χ0) is 21.8. The summed E-state index contributed by atoms with van der Waals surface area (Å²) in [5.41, 5.74) is 3.81. The molecule has 0 saturated carbocycles. The van der Waals surface area contributed by atoms with Gasteiger partial charge in [-0.05, 0) is 41.8 Å². The quantitative estimate of drug-likeness (QED) is 0.294. The summed E-state index contributed by atoms with van der Waals surface area (Å²) in [6.07, 6.45) is 0.882. The number of aryl methyl sites for hydroxylation is 1. The molecule has 0 aliphatic rings. The van der Waals surface area contributed by atoms with E-state index < -0.39 is 0 Å². The van der Waals surface area contributed by atoms with Crippen molar-refractivity contribution in [3.8, 4) is 0 Å². The number of hydrogen-bond acceptors (Lipinski definition) is 8. The van der Waals surface area contributed by atoms with E-state index in [0.717, 1.165) is 33.0 Å². The molecule has 2 aromatic heterocycles. The van der Waals surface area contributed by atoms with Crippen LogP contribution in [0, 0.1) is 0 Å². The fourth-order valence-corrected chi connectivity index (χ4v) is 4.84. The Kier molecular flexibility index (Phi) is 6.34. The van der Waals surface area contributed by atoms with Gasteiger partial charge in [0.1, 0.15) is 5.58 Å². The average molecular weight is 453 g/mol. The molecule has 2 heterocycles. The molecule has 0 atom stereocenters. The molecule has 0 unspecified atom stereocenters. The Morgan fingerprint density at radius 3 is 2.77 bits per heavy atom. The second-order valence-corrected chi connectivity index (χ2v) is 9.02. The van der Waals surface area contributed by atoms with E-state index in [4.69, 9.17) is 4.42 Å². The molecule has 0 saturated heterocycles. The van der Waals surface area contributed by atoms with Gasteiger partial charge in [0.05, 0.1) is 0 Å². The van der Waals surface area contributed by atoms with Crippen molar-refractivity contribution in [3.05, 3.63) is 70.1 Å². The highest BCUT2D eigenvalue weighted by Crippen LogP contribution is 2.32. The first-order valence-electron chi connectivity index (χ1n) is 9.67. The third kappa shape index (κ3) is 5.31. The number of carbonyl (C=O) groups excluding carboxylic acids is 1.